The first-order valence-corrected chi connectivity index (χ1v) is 7.09. The van der Waals surface area contributed by atoms with Crippen molar-refractivity contribution in [3.05, 3.63) is 63.7 Å². The maximum atomic E-state index is 12.3. The number of pyridine rings is 2. The molecule has 1 amide bonds. The Morgan fingerprint density at radius 3 is 2.90 bits per heavy atom. The normalized spacial score (nSPS) is 10.7. The van der Waals surface area contributed by atoms with E-state index in [2.05, 4.69) is 4.98 Å². The number of fused-ring (bicyclic) bond motifs is 1. The van der Waals surface area contributed by atoms with E-state index in [-0.39, 0.29) is 5.56 Å². The highest BCUT2D eigenvalue weighted by Gasteiger charge is 2.07. The molecule has 0 saturated heterocycles. The number of hydrazine groups is 1. The molecule has 7 heteroatoms. The Hall–Kier alpha value is -2.51. The van der Waals surface area contributed by atoms with E-state index in [0.29, 0.717) is 23.2 Å². The maximum absolute atomic E-state index is 12.3. The highest BCUT2D eigenvalue weighted by molar-refractivity contribution is 7.17. The minimum atomic E-state index is -0.397. The van der Waals surface area contributed by atoms with Gasteiger partial charge in [0.05, 0.1) is 23.2 Å². The summed E-state index contributed by atoms with van der Waals surface area (Å²) in [6.45, 7) is 0.356. The summed E-state index contributed by atoms with van der Waals surface area (Å²) in [6.07, 6.45) is 3.19. The van der Waals surface area contributed by atoms with Gasteiger partial charge in [-0.05, 0) is 29.6 Å². The number of carbonyl (C=O) groups is 1. The van der Waals surface area contributed by atoms with Gasteiger partial charge in [0.25, 0.3) is 11.5 Å². The molecular formula is C14H12N4O2S. The number of amides is 1. The number of nitrogens with zero attached hydrogens (tertiary/aromatic N) is 2. The van der Waals surface area contributed by atoms with Gasteiger partial charge in [-0.3, -0.25) is 20.0 Å². The van der Waals surface area contributed by atoms with E-state index in [1.807, 2.05) is 22.9 Å². The Labute approximate surface area is 123 Å². The van der Waals surface area contributed by atoms with Gasteiger partial charge in [0.15, 0.2) is 0 Å². The van der Waals surface area contributed by atoms with Crippen molar-refractivity contribution < 1.29 is 4.79 Å². The number of nitrogens with two attached hydrogens (primary N) is 1. The highest BCUT2D eigenvalue weighted by atomic mass is 32.1. The topological polar surface area (TPSA) is 90.0 Å². The smallest absolute Gasteiger partial charge is 0.266 e. The van der Waals surface area contributed by atoms with E-state index in [1.54, 1.807) is 22.9 Å². The number of nitrogens with one attached hydrogen (secondary N) is 1. The number of thiophene rings is 1. The molecule has 3 aromatic heterocycles. The largest absolute Gasteiger partial charge is 0.309 e. The molecule has 0 aliphatic carbocycles. The summed E-state index contributed by atoms with van der Waals surface area (Å²) in [5.41, 5.74) is 3.07. The van der Waals surface area contributed by atoms with Gasteiger partial charge in [0.2, 0.25) is 0 Å². The van der Waals surface area contributed by atoms with Crippen molar-refractivity contribution in [2.45, 2.75) is 6.54 Å². The minimum absolute atomic E-state index is 0.0423. The van der Waals surface area contributed by atoms with Gasteiger partial charge in [0, 0.05) is 17.1 Å². The van der Waals surface area contributed by atoms with Crippen LogP contribution in [0.4, 0.5) is 0 Å². The quantitative estimate of drug-likeness (QED) is 0.431. The molecule has 3 N–H and O–H groups in total. The molecule has 3 heterocycles. The van der Waals surface area contributed by atoms with E-state index in [0.717, 1.165) is 4.70 Å². The molecule has 3 aromatic rings. The Morgan fingerprint density at radius 2 is 2.19 bits per heavy atom. The lowest BCUT2D eigenvalue weighted by Crippen LogP contribution is -2.30. The van der Waals surface area contributed by atoms with Crippen LogP contribution in [0, 0.1) is 0 Å². The first-order chi connectivity index (χ1) is 10.2. The molecule has 6 nitrogen and oxygen atoms in total. The second-order valence-corrected chi connectivity index (χ2v) is 5.41. The number of rotatable bonds is 3. The van der Waals surface area contributed by atoms with Gasteiger partial charge >= 0.3 is 0 Å². The lowest BCUT2D eigenvalue weighted by molar-refractivity contribution is 0.0953. The fraction of sp³-hybridized carbons (Fsp3) is 0.0714. The summed E-state index contributed by atoms with van der Waals surface area (Å²) in [5, 5.41) is 2.61. The zero-order chi connectivity index (χ0) is 14.8. The van der Waals surface area contributed by atoms with Gasteiger partial charge in [0.1, 0.15) is 0 Å². The third-order valence-corrected chi connectivity index (χ3v) is 4.02. The van der Waals surface area contributed by atoms with Crippen molar-refractivity contribution in [2.75, 3.05) is 0 Å². The van der Waals surface area contributed by atoms with Crippen molar-refractivity contribution in [2.24, 2.45) is 5.84 Å². The summed E-state index contributed by atoms with van der Waals surface area (Å²) >= 11 is 1.54. The summed E-state index contributed by atoms with van der Waals surface area (Å²) in [6, 6.07) is 7.06. The van der Waals surface area contributed by atoms with Crippen LogP contribution in [0.3, 0.4) is 0 Å². The first-order valence-electron chi connectivity index (χ1n) is 6.21. The van der Waals surface area contributed by atoms with Crippen molar-refractivity contribution >= 4 is 27.3 Å². The lowest BCUT2D eigenvalue weighted by atomic mass is 10.2. The molecule has 0 unspecified atom stereocenters. The highest BCUT2D eigenvalue weighted by Crippen LogP contribution is 2.16. The maximum Gasteiger partial charge on any atom is 0.266 e. The Balaban J connectivity index is 1.90. The van der Waals surface area contributed by atoms with E-state index in [1.165, 1.54) is 17.5 Å². The standard InChI is InChI=1S/C14H12N4O2S/c15-17-13(19)9-1-2-10(16-7-9)8-18-5-3-12-11(14(18)20)4-6-21-12/h1-7H,8,15H2,(H,17,19). The van der Waals surface area contributed by atoms with Crippen LogP contribution in [-0.2, 0) is 6.54 Å². The number of aromatic nitrogens is 2. The molecular weight excluding hydrogens is 288 g/mol. The summed E-state index contributed by atoms with van der Waals surface area (Å²) in [7, 11) is 0. The molecule has 0 fully saturated rings. The van der Waals surface area contributed by atoms with E-state index in [4.69, 9.17) is 5.84 Å². The Bertz CT molecular complexity index is 851. The van der Waals surface area contributed by atoms with Crippen LogP contribution >= 0.6 is 11.3 Å². The number of hydrogen-bond acceptors (Lipinski definition) is 5. The van der Waals surface area contributed by atoms with Crippen LogP contribution in [0.25, 0.3) is 10.1 Å². The molecule has 0 atom stereocenters. The molecule has 3 rings (SSSR count). The van der Waals surface area contributed by atoms with Gasteiger partial charge in [-0.1, -0.05) is 0 Å². The molecule has 0 aliphatic rings. The first kappa shape index (κ1) is 13.5. The van der Waals surface area contributed by atoms with Crippen LogP contribution in [0.2, 0.25) is 0 Å². The molecule has 0 saturated carbocycles. The molecule has 0 bridgehead atoms. The summed E-state index contributed by atoms with van der Waals surface area (Å²) in [5.74, 6) is 4.66. The Kier molecular flexibility index (Phi) is 3.51. The predicted octanol–water partition coefficient (Wildman–Crippen LogP) is 1.11. The third-order valence-electron chi connectivity index (χ3n) is 3.14. The molecule has 0 aromatic carbocycles. The van der Waals surface area contributed by atoms with Crippen LogP contribution in [0.5, 0.6) is 0 Å². The summed E-state index contributed by atoms with van der Waals surface area (Å²) in [4.78, 5) is 27.8. The fourth-order valence-electron chi connectivity index (χ4n) is 2.04. The van der Waals surface area contributed by atoms with E-state index in [9.17, 15) is 9.59 Å². The van der Waals surface area contributed by atoms with Crippen molar-refractivity contribution in [3.63, 3.8) is 0 Å². The molecule has 0 aliphatic heterocycles. The fourth-order valence-corrected chi connectivity index (χ4v) is 2.81. The van der Waals surface area contributed by atoms with Crippen molar-refractivity contribution in [1.82, 2.24) is 15.0 Å². The Morgan fingerprint density at radius 1 is 1.33 bits per heavy atom. The van der Waals surface area contributed by atoms with Crippen LogP contribution in [0.15, 0.2) is 46.8 Å². The molecule has 0 spiro atoms. The average Bonchev–Trinajstić information content (AvgIpc) is 2.99. The van der Waals surface area contributed by atoms with Gasteiger partial charge in [-0.25, -0.2) is 5.84 Å². The summed E-state index contributed by atoms with van der Waals surface area (Å²) < 4.78 is 2.57. The van der Waals surface area contributed by atoms with Crippen molar-refractivity contribution in [3.8, 4) is 0 Å². The molecule has 0 radical (unpaired) electrons. The van der Waals surface area contributed by atoms with E-state index < -0.39 is 5.91 Å². The predicted molar refractivity (Wildman–Crippen MR) is 81.1 cm³/mol. The number of carbonyl (C=O) groups excluding carboxylic acids is 1. The van der Waals surface area contributed by atoms with Gasteiger partial charge in [-0.15, -0.1) is 11.3 Å². The third kappa shape index (κ3) is 2.56. The number of nitrogen functional groups attached to an aromatic ring is 1. The van der Waals surface area contributed by atoms with Crippen molar-refractivity contribution in [1.29, 1.82) is 0 Å². The van der Waals surface area contributed by atoms with Crippen LogP contribution in [0.1, 0.15) is 16.1 Å². The minimum Gasteiger partial charge on any atom is -0.309 e. The zero-order valence-corrected chi connectivity index (χ0v) is 11.8. The van der Waals surface area contributed by atoms with Gasteiger partial charge < -0.3 is 4.57 Å². The number of hydrogen-bond donors (Lipinski definition) is 2. The average molecular weight is 300 g/mol. The molecule has 21 heavy (non-hydrogen) atoms. The molecule has 106 valence electrons. The lowest BCUT2D eigenvalue weighted by Gasteiger charge is -2.06. The monoisotopic (exact) mass is 300 g/mol. The SMILES string of the molecule is NNC(=O)c1ccc(Cn2ccc3sccc3c2=O)nc1. The van der Waals surface area contributed by atoms with Crippen LogP contribution < -0.4 is 16.8 Å². The van der Waals surface area contributed by atoms with Crippen LogP contribution in [-0.4, -0.2) is 15.5 Å². The van der Waals surface area contributed by atoms with Gasteiger partial charge in [-0.2, -0.15) is 0 Å². The van der Waals surface area contributed by atoms with E-state index >= 15 is 0 Å². The second-order valence-electron chi connectivity index (χ2n) is 4.46. The second kappa shape index (κ2) is 5.47. The zero-order valence-electron chi connectivity index (χ0n) is 10.9.